The highest BCUT2D eigenvalue weighted by molar-refractivity contribution is 6.04. The highest BCUT2D eigenvalue weighted by Gasteiger charge is 2.18. The van der Waals surface area contributed by atoms with Crippen molar-refractivity contribution in [2.45, 2.75) is 19.4 Å². The number of nitrogens with one attached hydrogen (secondary N) is 2. The summed E-state index contributed by atoms with van der Waals surface area (Å²) in [5, 5.41) is 5.63. The van der Waals surface area contributed by atoms with Gasteiger partial charge in [-0.15, -0.1) is 0 Å². The fourth-order valence-electron chi connectivity index (χ4n) is 3.15. The second-order valence-corrected chi connectivity index (χ2v) is 7.29. The molecule has 3 rings (SSSR count). The average molecular weight is 433 g/mol. The molecule has 0 heterocycles. The van der Waals surface area contributed by atoms with Crippen LogP contribution in [-0.2, 0) is 9.53 Å². The number of benzene rings is 3. The first-order chi connectivity index (χ1) is 15.6. The number of methoxy groups -OCH3 is 1. The predicted molar refractivity (Wildman–Crippen MR) is 126 cm³/mol. The van der Waals surface area contributed by atoms with E-state index in [0.29, 0.717) is 36.6 Å². The van der Waals surface area contributed by atoms with E-state index < -0.39 is 6.10 Å². The number of hydrogen-bond acceptors (Lipinski definition) is 4. The van der Waals surface area contributed by atoms with Gasteiger partial charge in [-0.3, -0.25) is 9.59 Å². The minimum atomic E-state index is -0.740. The fraction of sp³-hybridized carbons (Fsp3) is 0.231. The first kappa shape index (κ1) is 23.0. The second-order valence-electron chi connectivity index (χ2n) is 7.29. The van der Waals surface area contributed by atoms with Crippen molar-refractivity contribution < 1.29 is 19.1 Å². The molecule has 2 N–H and O–H groups in total. The molecule has 0 saturated heterocycles. The number of rotatable bonds is 10. The maximum absolute atomic E-state index is 12.7. The van der Waals surface area contributed by atoms with Crippen molar-refractivity contribution in [3.05, 3.63) is 84.4 Å². The van der Waals surface area contributed by atoms with Gasteiger partial charge in [-0.25, -0.2) is 0 Å². The summed E-state index contributed by atoms with van der Waals surface area (Å²) in [7, 11) is 1.62. The smallest absolute Gasteiger partial charge is 0.265 e. The van der Waals surface area contributed by atoms with E-state index in [9.17, 15) is 9.59 Å². The number of hydrogen-bond donors (Lipinski definition) is 2. The van der Waals surface area contributed by atoms with Crippen LogP contribution in [-0.4, -0.2) is 38.2 Å². The summed E-state index contributed by atoms with van der Waals surface area (Å²) in [4.78, 5) is 25.2. The Kier molecular flexibility index (Phi) is 8.40. The molecule has 0 spiro atoms. The van der Waals surface area contributed by atoms with Crippen molar-refractivity contribution in [1.29, 1.82) is 0 Å². The molecule has 1 unspecified atom stereocenters. The zero-order valence-electron chi connectivity index (χ0n) is 18.3. The molecule has 6 heteroatoms. The first-order valence-electron chi connectivity index (χ1n) is 10.6. The minimum Gasteiger partial charge on any atom is -0.481 e. The molecule has 32 heavy (non-hydrogen) atoms. The topological polar surface area (TPSA) is 76.7 Å². The molecule has 0 aliphatic heterocycles. The summed E-state index contributed by atoms with van der Waals surface area (Å²) < 4.78 is 10.8. The maximum Gasteiger partial charge on any atom is 0.265 e. The standard InChI is InChI=1S/C26H28N2O4/c1-19(32-22-15-13-21(14-16-22)20-9-4-3-5-10-20)25(29)28-24-12-7-6-11-23(24)26(30)27-17-8-18-31-2/h3-7,9-16,19H,8,17-18H2,1-2H3,(H,27,30)(H,28,29). The summed E-state index contributed by atoms with van der Waals surface area (Å²) in [6.07, 6.45) is -0.0274. The van der Waals surface area contributed by atoms with Crippen LogP contribution in [0.4, 0.5) is 5.69 Å². The summed E-state index contributed by atoms with van der Waals surface area (Å²) in [5.41, 5.74) is 3.02. The first-order valence-corrected chi connectivity index (χ1v) is 10.6. The molecule has 0 saturated carbocycles. The molecule has 166 valence electrons. The van der Waals surface area contributed by atoms with Gasteiger partial charge in [-0.05, 0) is 48.7 Å². The van der Waals surface area contributed by atoms with E-state index in [1.54, 1.807) is 38.3 Å². The van der Waals surface area contributed by atoms with Crippen LogP contribution in [0.3, 0.4) is 0 Å². The maximum atomic E-state index is 12.7. The van der Waals surface area contributed by atoms with Crippen LogP contribution in [0.2, 0.25) is 0 Å². The highest BCUT2D eigenvalue weighted by atomic mass is 16.5. The van der Waals surface area contributed by atoms with Gasteiger partial charge >= 0.3 is 0 Å². The van der Waals surface area contributed by atoms with Gasteiger partial charge in [-0.2, -0.15) is 0 Å². The quantitative estimate of drug-likeness (QED) is 0.462. The van der Waals surface area contributed by atoms with E-state index in [1.807, 2.05) is 54.6 Å². The van der Waals surface area contributed by atoms with Crippen molar-refractivity contribution in [2.75, 3.05) is 25.6 Å². The predicted octanol–water partition coefficient (Wildman–Crippen LogP) is 4.53. The van der Waals surface area contributed by atoms with Gasteiger partial charge in [0, 0.05) is 20.3 Å². The monoisotopic (exact) mass is 432 g/mol. The molecule has 0 aliphatic rings. The molecule has 3 aromatic rings. The van der Waals surface area contributed by atoms with E-state index in [2.05, 4.69) is 10.6 Å². The SMILES string of the molecule is COCCCNC(=O)c1ccccc1NC(=O)C(C)Oc1ccc(-c2ccccc2)cc1. The van der Waals surface area contributed by atoms with Crippen LogP contribution in [0.15, 0.2) is 78.9 Å². The summed E-state index contributed by atoms with van der Waals surface area (Å²) in [6.45, 7) is 2.74. The van der Waals surface area contributed by atoms with Gasteiger partial charge in [0.25, 0.3) is 11.8 Å². The Bertz CT molecular complexity index is 1020. The van der Waals surface area contributed by atoms with Gasteiger partial charge in [0.05, 0.1) is 11.3 Å². The van der Waals surface area contributed by atoms with E-state index in [4.69, 9.17) is 9.47 Å². The van der Waals surface area contributed by atoms with Gasteiger partial charge in [0.1, 0.15) is 5.75 Å². The molecule has 1 atom stereocenters. The number of anilines is 1. The van der Waals surface area contributed by atoms with Crippen molar-refractivity contribution in [2.24, 2.45) is 0 Å². The lowest BCUT2D eigenvalue weighted by Crippen LogP contribution is -2.32. The lowest BCUT2D eigenvalue weighted by molar-refractivity contribution is -0.122. The largest absolute Gasteiger partial charge is 0.481 e. The Morgan fingerprint density at radius 3 is 2.25 bits per heavy atom. The van der Waals surface area contributed by atoms with Crippen LogP contribution < -0.4 is 15.4 Å². The molecule has 2 amide bonds. The van der Waals surface area contributed by atoms with E-state index >= 15 is 0 Å². The molecule has 0 radical (unpaired) electrons. The average Bonchev–Trinajstić information content (AvgIpc) is 2.83. The Hall–Kier alpha value is -3.64. The Balaban J connectivity index is 1.59. The van der Waals surface area contributed by atoms with Crippen molar-refractivity contribution >= 4 is 17.5 Å². The van der Waals surface area contributed by atoms with E-state index in [0.717, 1.165) is 11.1 Å². The van der Waals surface area contributed by atoms with E-state index in [-0.39, 0.29) is 11.8 Å². The number of ether oxygens (including phenoxy) is 2. The van der Waals surface area contributed by atoms with Crippen LogP contribution in [0.1, 0.15) is 23.7 Å². The lowest BCUT2D eigenvalue weighted by Gasteiger charge is -2.17. The minimum absolute atomic E-state index is 0.248. The zero-order valence-corrected chi connectivity index (χ0v) is 18.3. The molecule has 0 aliphatic carbocycles. The Labute approximate surface area is 188 Å². The molecular weight excluding hydrogens is 404 g/mol. The third-order valence-corrected chi connectivity index (χ3v) is 4.88. The van der Waals surface area contributed by atoms with Crippen LogP contribution >= 0.6 is 0 Å². The van der Waals surface area contributed by atoms with Gasteiger partial charge in [-0.1, -0.05) is 54.6 Å². The third kappa shape index (κ3) is 6.43. The van der Waals surface area contributed by atoms with E-state index in [1.165, 1.54) is 0 Å². The van der Waals surface area contributed by atoms with Crippen LogP contribution in [0.25, 0.3) is 11.1 Å². The molecule has 3 aromatic carbocycles. The normalized spacial score (nSPS) is 11.4. The van der Waals surface area contributed by atoms with Gasteiger partial charge in [0.15, 0.2) is 6.10 Å². The number of carbonyl (C=O) groups is 2. The van der Waals surface area contributed by atoms with Crippen molar-refractivity contribution in [3.8, 4) is 16.9 Å². The summed E-state index contributed by atoms with van der Waals surface area (Å²) >= 11 is 0. The number of carbonyl (C=O) groups excluding carboxylic acids is 2. The van der Waals surface area contributed by atoms with Crippen molar-refractivity contribution in [1.82, 2.24) is 5.32 Å². The van der Waals surface area contributed by atoms with Crippen LogP contribution in [0, 0.1) is 0 Å². The number of para-hydroxylation sites is 1. The van der Waals surface area contributed by atoms with Crippen LogP contribution in [0.5, 0.6) is 5.75 Å². The molecule has 6 nitrogen and oxygen atoms in total. The second kappa shape index (κ2) is 11.7. The Morgan fingerprint density at radius 1 is 0.875 bits per heavy atom. The molecule has 0 aromatic heterocycles. The molecule has 0 bridgehead atoms. The summed E-state index contributed by atoms with van der Waals surface area (Å²) in [6, 6.07) is 24.5. The zero-order chi connectivity index (χ0) is 22.8. The van der Waals surface area contributed by atoms with Crippen molar-refractivity contribution in [3.63, 3.8) is 0 Å². The molecular formula is C26H28N2O4. The lowest BCUT2D eigenvalue weighted by atomic mass is 10.1. The fourth-order valence-corrected chi connectivity index (χ4v) is 3.15. The van der Waals surface area contributed by atoms with Gasteiger partial charge in [0.2, 0.25) is 0 Å². The summed E-state index contributed by atoms with van der Waals surface area (Å²) in [5.74, 6) is 0.00958. The highest BCUT2D eigenvalue weighted by Crippen LogP contribution is 2.23. The van der Waals surface area contributed by atoms with Gasteiger partial charge < -0.3 is 20.1 Å². The number of amides is 2. The molecule has 0 fully saturated rings. The third-order valence-electron chi connectivity index (χ3n) is 4.88. The Morgan fingerprint density at radius 2 is 1.53 bits per heavy atom.